The van der Waals surface area contributed by atoms with Gasteiger partial charge < -0.3 is 14.8 Å². The second-order valence-electron chi connectivity index (χ2n) is 7.23. The zero-order chi connectivity index (χ0) is 19.5. The molecular weight excluding hydrogens is 378 g/mol. The number of amidine groups is 1. The first-order valence-corrected chi connectivity index (χ1v) is 10.8. The monoisotopic (exact) mass is 403 g/mol. The first-order chi connectivity index (χ1) is 13.6. The van der Waals surface area contributed by atoms with Crippen LogP contribution in [0.4, 0.5) is 5.69 Å². The Kier molecular flexibility index (Phi) is 5.75. The summed E-state index contributed by atoms with van der Waals surface area (Å²) in [6, 6.07) is 5.71. The number of ether oxygens (including phenoxy) is 2. The van der Waals surface area contributed by atoms with E-state index in [9.17, 15) is 9.59 Å². The number of rotatable bonds is 5. The number of hydrogen-bond acceptors (Lipinski definition) is 6. The molecule has 0 bridgehead atoms. The largest absolute Gasteiger partial charge is 0.454 e. The van der Waals surface area contributed by atoms with Gasteiger partial charge in [-0.1, -0.05) is 31.0 Å². The average molecular weight is 404 g/mol. The maximum Gasteiger partial charge on any atom is 0.242 e. The van der Waals surface area contributed by atoms with Gasteiger partial charge in [-0.3, -0.25) is 14.5 Å². The molecule has 2 fully saturated rings. The summed E-state index contributed by atoms with van der Waals surface area (Å²) in [5.41, 5.74) is 0.699. The Labute approximate surface area is 168 Å². The molecule has 8 heteroatoms. The number of nitrogens with zero attached hydrogens (tertiary/aromatic N) is 2. The molecule has 1 unspecified atom stereocenters. The number of thioether (sulfide) groups is 1. The van der Waals surface area contributed by atoms with Crippen molar-refractivity contribution in [3.8, 4) is 11.5 Å². The quantitative estimate of drug-likeness (QED) is 0.817. The molecule has 2 amide bonds. The second-order valence-corrected chi connectivity index (χ2v) is 8.40. The van der Waals surface area contributed by atoms with Gasteiger partial charge in [-0.25, -0.2) is 4.99 Å². The van der Waals surface area contributed by atoms with Crippen molar-refractivity contribution in [2.24, 2.45) is 4.99 Å². The summed E-state index contributed by atoms with van der Waals surface area (Å²) in [4.78, 5) is 31.5. The standard InChI is InChI=1S/C20H25N3O4S/c1-2-23-19(25)17(11-18(24)21-13-6-4-3-5-7-13)28-20(23)22-14-8-9-15-16(10-14)27-12-26-15/h8-10,13,17H,2-7,11-12H2,1H3,(H,21,24). The van der Waals surface area contributed by atoms with Crippen molar-refractivity contribution in [2.45, 2.75) is 56.7 Å². The zero-order valence-corrected chi connectivity index (χ0v) is 16.8. The predicted octanol–water partition coefficient (Wildman–Crippen LogP) is 3.21. The van der Waals surface area contributed by atoms with Crippen molar-refractivity contribution in [2.75, 3.05) is 13.3 Å². The number of carbonyl (C=O) groups excluding carboxylic acids is 2. The molecule has 7 nitrogen and oxygen atoms in total. The third-order valence-electron chi connectivity index (χ3n) is 5.26. The molecule has 0 spiro atoms. The van der Waals surface area contributed by atoms with Gasteiger partial charge in [0.2, 0.25) is 18.6 Å². The number of aliphatic imine (C=N–C) groups is 1. The van der Waals surface area contributed by atoms with E-state index in [-0.39, 0.29) is 31.1 Å². The summed E-state index contributed by atoms with van der Waals surface area (Å²) < 4.78 is 10.7. The summed E-state index contributed by atoms with van der Waals surface area (Å²) in [6.07, 6.45) is 5.84. The molecule has 1 saturated carbocycles. The van der Waals surface area contributed by atoms with Gasteiger partial charge in [0.15, 0.2) is 16.7 Å². The first-order valence-electron chi connectivity index (χ1n) is 9.90. The molecule has 1 N–H and O–H groups in total. The van der Waals surface area contributed by atoms with Gasteiger partial charge in [-0.15, -0.1) is 0 Å². The molecule has 1 saturated heterocycles. The average Bonchev–Trinajstić information content (AvgIpc) is 3.27. The van der Waals surface area contributed by atoms with Crippen LogP contribution in [0.15, 0.2) is 23.2 Å². The predicted molar refractivity (Wildman–Crippen MR) is 108 cm³/mol. The highest BCUT2D eigenvalue weighted by atomic mass is 32.2. The van der Waals surface area contributed by atoms with E-state index in [1.54, 1.807) is 11.0 Å². The molecule has 3 aliphatic rings. The van der Waals surface area contributed by atoms with E-state index in [0.29, 0.717) is 28.9 Å². The number of carbonyl (C=O) groups is 2. The van der Waals surface area contributed by atoms with E-state index in [1.807, 2.05) is 19.1 Å². The lowest BCUT2D eigenvalue weighted by Crippen LogP contribution is -2.39. The van der Waals surface area contributed by atoms with Crippen molar-refractivity contribution >= 4 is 34.4 Å². The fourth-order valence-electron chi connectivity index (χ4n) is 3.78. The van der Waals surface area contributed by atoms with E-state index in [0.717, 1.165) is 25.7 Å². The third kappa shape index (κ3) is 4.11. The van der Waals surface area contributed by atoms with Crippen LogP contribution in [0, 0.1) is 0 Å². The Morgan fingerprint density at radius 3 is 2.82 bits per heavy atom. The molecule has 4 rings (SSSR count). The minimum atomic E-state index is -0.420. The maximum atomic E-state index is 12.8. The molecule has 0 radical (unpaired) electrons. The Bertz CT molecular complexity index is 792. The van der Waals surface area contributed by atoms with E-state index in [2.05, 4.69) is 10.3 Å². The number of fused-ring (bicyclic) bond motifs is 1. The highest BCUT2D eigenvalue weighted by molar-refractivity contribution is 8.15. The lowest BCUT2D eigenvalue weighted by Gasteiger charge is -2.23. The fraction of sp³-hybridized carbons (Fsp3) is 0.550. The van der Waals surface area contributed by atoms with Crippen molar-refractivity contribution in [1.29, 1.82) is 0 Å². The van der Waals surface area contributed by atoms with Crippen molar-refractivity contribution in [1.82, 2.24) is 10.2 Å². The Hall–Kier alpha value is -2.22. The lowest BCUT2D eigenvalue weighted by atomic mass is 9.95. The van der Waals surface area contributed by atoms with Gasteiger partial charge in [-0.05, 0) is 31.9 Å². The minimum Gasteiger partial charge on any atom is -0.454 e. The second kappa shape index (κ2) is 8.43. The van der Waals surface area contributed by atoms with Crippen LogP contribution < -0.4 is 14.8 Å². The van der Waals surface area contributed by atoms with Crippen molar-refractivity contribution < 1.29 is 19.1 Å². The highest BCUT2D eigenvalue weighted by Crippen LogP contribution is 2.37. The zero-order valence-electron chi connectivity index (χ0n) is 16.0. The van der Waals surface area contributed by atoms with Crippen LogP contribution in [-0.4, -0.2) is 46.5 Å². The molecule has 1 aromatic carbocycles. The smallest absolute Gasteiger partial charge is 0.242 e. The van der Waals surface area contributed by atoms with Gasteiger partial charge in [0.25, 0.3) is 0 Å². The summed E-state index contributed by atoms with van der Waals surface area (Å²) in [6.45, 7) is 2.65. The lowest BCUT2D eigenvalue weighted by molar-refractivity contribution is -0.129. The minimum absolute atomic E-state index is 0.0434. The Balaban J connectivity index is 1.43. The van der Waals surface area contributed by atoms with Crippen LogP contribution in [0.5, 0.6) is 11.5 Å². The number of amides is 2. The Morgan fingerprint density at radius 1 is 1.25 bits per heavy atom. The summed E-state index contributed by atoms with van der Waals surface area (Å²) >= 11 is 1.36. The summed E-state index contributed by atoms with van der Waals surface area (Å²) in [5.74, 6) is 1.26. The van der Waals surface area contributed by atoms with Crippen LogP contribution >= 0.6 is 11.8 Å². The van der Waals surface area contributed by atoms with Crippen molar-refractivity contribution in [3.63, 3.8) is 0 Å². The maximum absolute atomic E-state index is 12.8. The van der Waals surface area contributed by atoms with Gasteiger partial charge in [0, 0.05) is 25.1 Å². The van der Waals surface area contributed by atoms with Gasteiger partial charge in [0.05, 0.1) is 5.69 Å². The van der Waals surface area contributed by atoms with Gasteiger partial charge in [-0.2, -0.15) is 0 Å². The molecule has 28 heavy (non-hydrogen) atoms. The topological polar surface area (TPSA) is 80.2 Å². The van der Waals surface area contributed by atoms with E-state index < -0.39 is 5.25 Å². The first kappa shape index (κ1) is 19.1. The van der Waals surface area contributed by atoms with Crippen LogP contribution in [0.25, 0.3) is 0 Å². The third-order valence-corrected chi connectivity index (χ3v) is 6.43. The summed E-state index contributed by atoms with van der Waals surface area (Å²) in [5, 5.41) is 3.31. The van der Waals surface area contributed by atoms with Crippen LogP contribution in [0.3, 0.4) is 0 Å². The summed E-state index contributed by atoms with van der Waals surface area (Å²) in [7, 11) is 0. The molecule has 150 valence electrons. The van der Waals surface area contributed by atoms with E-state index >= 15 is 0 Å². The SMILES string of the molecule is CCN1C(=O)C(CC(=O)NC2CCCCC2)SC1=Nc1ccc2c(c1)OCO2. The normalized spacial score (nSPS) is 23.5. The molecule has 2 heterocycles. The molecule has 0 aromatic heterocycles. The van der Waals surface area contributed by atoms with Crippen LogP contribution in [0.1, 0.15) is 45.4 Å². The van der Waals surface area contributed by atoms with Gasteiger partial charge in [0.1, 0.15) is 5.25 Å². The van der Waals surface area contributed by atoms with Crippen LogP contribution in [-0.2, 0) is 9.59 Å². The molecule has 1 aromatic rings. The number of hydrogen-bond donors (Lipinski definition) is 1. The molecule has 1 atom stereocenters. The number of nitrogens with one attached hydrogen (secondary N) is 1. The van der Waals surface area contributed by atoms with Gasteiger partial charge >= 0.3 is 0 Å². The van der Waals surface area contributed by atoms with E-state index in [1.165, 1.54) is 18.2 Å². The molecule has 1 aliphatic carbocycles. The fourth-order valence-corrected chi connectivity index (χ4v) is 5.00. The molecule has 2 aliphatic heterocycles. The van der Waals surface area contributed by atoms with E-state index in [4.69, 9.17) is 9.47 Å². The molecular formula is C20H25N3O4S. The highest BCUT2D eigenvalue weighted by Gasteiger charge is 2.38. The van der Waals surface area contributed by atoms with Crippen LogP contribution in [0.2, 0.25) is 0 Å². The van der Waals surface area contributed by atoms with Crippen molar-refractivity contribution in [3.05, 3.63) is 18.2 Å². The number of benzene rings is 1. The Morgan fingerprint density at radius 2 is 2.04 bits per heavy atom.